The summed E-state index contributed by atoms with van der Waals surface area (Å²) in [6, 6.07) is 25.7. The van der Waals surface area contributed by atoms with Crippen molar-refractivity contribution in [2.24, 2.45) is 0 Å². The van der Waals surface area contributed by atoms with Gasteiger partial charge in [0.1, 0.15) is 0 Å². The second kappa shape index (κ2) is 11.2. The molecule has 2 fully saturated rings. The molecule has 2 heterocycles. The highest BCUT2D eigenvalue weighted by atomic mass is 28.3. The molecule has 0 spiro atoms. The Morgan fingerprint density at radius 2 is 0.949 bits per heavy atom. The summed E-state index contributed by atoms with van der Waals surface area (Å²) in [7, 11) is -2.57. The Bertz CT molecular complexity index is 1180. The first kappa shape index (κ1) is 28.0. The van der Waals surface area contributed by atoms with E-state index in [9.17, 15) is 0 Å². The Hall–Kier alpha value is -2.51. The Morgan fingerprint density at radius 3 is 1.31 bits per heavy atom. The summed E-state index contributed by atoms with van der Waals surface area (Å²) in [6.45, 7) is 19.1. The van der Waals surface area contributed by atoms with E-state index < -0.39 is 16.1 Å². The van der Waals surface area contributed by atoms with Crippen molar-refractivity contribution in [3.63, 3.8) is 0 Å². The Morgan fingerprint density at radius 1 is 0.564 bits per heavy atom. The number of nitrogen functional groups attached to an aromatic ring is 1. The third kappa shape index (κ3) is 6.63. The van der Waals surface area contributed by atoms with E-state index in [-0.39, 0.29) is 0 Å². The fourth-order valence-corrected chi connectivity index (χ4v) is 8.84. The normalized spacial score (nSPS) is 18.0. The molecule has 39 heavy (non-hydrogen) atoms. The molecule has 0 radical (unpaired) electrons. The molecular weight excluding hydrogens is 507 g/mol. The predicted molar refractivity (Wildman–Crippen MR) is 178 cm³/mol. The minimum atomic E-state index is -1.29. The number of benzene rings is 3. The van der Waals surface area contributed by atoms with E-state index in [1.165, 1.54) is 37.1 Å². The van der Waals surface area contributed by atoms with Crippen molar-refractivity contribution in [2.75, 3.05) is 41.7 Å². The maximum atomic E-state index is 6.48. The molecule has 3 aromatic rings. The highest BCUT2D eigenvalue weighted by molar-refractivity contribution is 6.89. The monoisotopic (exact) mass is 555 g/mol. The zero-order chi connectivity index (χ0) is 27.8. The van der Waals surface area contributed by atoms with Gasteiger partial charge in [-0.1, -0.05) is 98.2 Å². The van der Waals surface area contributed by atoms with Gasteiger partial charge in [0.05, 0.1) is 16.1 Å². The quantitative estimate of drug-likeness (QED) is 0.259. The molecule has 2 N–H and O–H groups in total. The molecule has 2 saturated heterocycles. The summed E-state index contributed by atoms with van der Waals surface area (Å²) >= 11 is 0. The summed E-state index contributed by atoms with van der Waals surface area (Å²) in [4.78, 5) is 5.13. The number of nitrogens with zero attached hydrogens (tertiary/aromatic N) is 2. The minimum Gasteiger partial charge on any atom is -0.399 e. The zero-order valence-corrected chi connectivity index (χ0v) is 27.1. The lowest BCUT2D eigenvalue weighted by Gasteiger charge is -2.37. The first-order valence-corrected chi connectivity index (χ1v) is 22.1. The van der Waals surface area contributed by atoms with Crippen LogP contribution in [0, 0.1) is 0 Å². The van der Waals surface area contributed by atoms with Crippen molar-refractivity contribution in [3.8, 4) is 0 Å². The van der Waals surface area contributed by atoms with Gasteiger partial charge >= 0.3 is 0 Å². The Kier molecular flexibility index (Phi) is 8.03. The van der Waals surface area contributed by atoms with Crippen LogP contribution in [0.15, 0.2) is 66.7 Å². The SMILES string of the molecule is C[Si](C)(C)c1cccc(C2CCN(c3cc(N)cc(N4CCC(c5cccc([Si](C)(C)C)c5)CC4)c3)CC2)c1. The average Bonchev–Trinajstić information content (AvgIpc) is 2.92. The molecule has 0 saturated carbocycles. The van der Waals surface area contributed by atoms with Crippen LogP contribution in [0.3, 0.4) is 0 Å². The van der Waals surface area contributed by atoms with Gasteiger partial charge in [0, 0.05) is 43.2 Å². The van der Waals surface area contributed by atoms with E-state index in [0.29, 0.717) is 11.8 Å². The van der Waals surface area contributed by atoms with Gasteiger partial charge in [0.2, 0.25) is 0 Å². The second-order valence-corrected chi connectivity index (χ2v) is 24.2. The predicted octanol–water partition coefficient (Wildman–Crippen LogP) is 7.13. The molecule has 2 aliphatic heterocycles. The zero-order valence-electron chi connectivity index (χ0n) is 25.1. The highest BCUT2D eigenvalue weighted by Crippen LogP contribution is 2.36. The third-order valence-electron chi connectivity index (χ3n) is 9.09. The van der Waals surface area contributed by atoms with Crippen molar-refractivity contribution in [2.45, 2.75) is 76.8 Å². The van der Waals surface area contributed by atoms with E-state index in [1.54, 1.807) is 21.5 Å². The molecule has 5 rings (SSSR count). The number of hydrogen-bond donors (Lipinski definition) is 1. The van der Waals surface area contributed by atoms with Gasteiger partial charge in [0.25, 0.3) is 0 Å². The molecule has 208 valence electrons. The van der Waals surface area contributed by atoms with Gasteiger partial charge in [-0.2, -0.15) is 0 Å². The van der Waals surface area contributed by atoms with Gasteiger partial charge in [-0.15, -0.1) is 0 Å². The van der Waals surface area contributed by atoms with Crippen LogP contribution in [-0.2, 0) is 0 Å². The van der Waals surface area contributed by atoms with Crippen molar-refractivity contribution < 1.29 is 0 Å². The maximum absolute atomic E-state index is 6.48. The van der Waals surface area contributed by atoms with Crippen molar-refractivity contribution in [1.29, 1.82) is 0 Å². The summed E-state index contributed by atoms with van der Waals surface area (Å²) in [5.41, 5.74) is 13.0. The van der Waals surface area contributed by atoms with Crippen LogP contribution in [0.2, 0.25) is 39.3 Å². The summed E-state index contributed by atoms with van der Waals surface area (Å²) in [6.07, 6.45) is 4.84. The lowest BCUT2D eigenvalue weighted by atomic mass is 9.89. The average molecular weight is 556 g/mol. The van der Waals surface area contributed by atoms with E-state index in [1.807, 2.05) is 0 Å². The summed E-state index contributed by atoms with van der Waals surface area (Å²) in [5, 5.41) is 3.16. The van der Waals surface area contributed by atoms with E-state index in [0.717, 1.165) is 31.9 Å². The number of rotatable bonds is 6. The van der Waals surface area contributed by atoms with Crippen LogP contribution in [0.1, 0.15) is 48.6 Å². The van der Waals surface area contributed by atoms with Crippen LogP contribution in [-0.4, -0.2) is 42.3 Å². The highest BCUT2D eigenvalue weighted by Gasteiger charge is 2.26. The molecule has 3 nitrogen and oxygen atoms in total. The summed E-state index contributed by atoms with van der Waals surface area (Å²) in [5.74, 6) is 1.33. The second-order valence-electron chi connectivity index (χ2n) is 14.1. The topological polar surface area (TPSA) is 32.5 Å². The number of hydrogen-bond acceptors (Lipinski definition) is 3. The number of anilines is 3. The largest absolute Gasteiger partial charge is 0.399 e. The standard InChI is InChI=1S/C34H49N3Si2/c1-38(2,3)33-11-7-9-28(21-33)26-13-17-36(18-14-26)31-23-30(35)24-32(25-31)37-19-15-27(16-20-37)29-10-8-12-34(22-29)39(4,5)6/h7-12,21-27H,13-20,35H2,1-6H3. The van der Waals surface area contributed by atoms with Gasteiger partial charge in [0.15, 0.2) is 0 Å². The Labute approximate surface area is 239 Å². The molecule has 0 amide bonds. The number of nitrogens with two attached hydrogens (primary N) is 1. The first-order chi connectivity index (χ1) is 18.5. The van der Waals surface area contributed by atoms with Crippen LogP contribution < -0.4 is 25.9 Å². The number of piperidine rings is 2. The Balaban J connectivity index is 1.22. The van der Waals surface area contributed by atoms with Gasteiger partial charge < -0.3 is 15.5 Å². The lowest BCUT2D eigenvalue weighted by Crippen LogP contribution is -2.38. The van der Waals surface area contributed by atoms with Crippen LogP contribution in [0.25, 0.3) is 0 Å². The van der Waals surface area contributed by atoms with Gasteiger partial charge in [-0.05, 0) is 66.8 Å². The van der Waals surface area contributed by atoms with Gasteiger partial charge in [-0.3, -0.25) is 0 Å². The van der Waals surface area contributed by atoms with Crippen molar-refractivity contribution in [3.05, 3.63) is 77.9 Å². The van der Waals surface area contributed by atoms with Crippen molar-refractivity contribution >= 4 is 43.6 Å². The molecule has 3 aromatic carbocycles. The van der Waals surface area contributed by atoms with E-state index in [4.69, 9.17) is 5.73 Å². The van der Waals surface area contributed by atoms with Gasteiger partial charge in [-0.25, -0.2) is 0 Å². The molecular formula is C34H49N3Si2. The summed E-state index contributed by atoms with van der Waals surface area (Å²) < 4.78 is 0. The van der Waals surface area contributed by atoms with Crippen molar-refractivity contribution in [1.82, 2.24) is 0 Å². The van der Waals surface area contributed by atoms with Crippen LogP contribution in [0.4, 0.5) is 17.1 Å². The molecule has 0 unspecified atom stereocenters. The lowest BCUT2D eigenvalue weighted by molar-refractivity contribution is 0.502. The third-order valence-corrected chi connectivity index (χ3v) is 13.2. The molecule has 5 heteroatoms. The smallest absolute Gasteiger partial charge is 0.0776 e. The molecule has 2 aliphatic rings. The molecule has 0 atom stereocenters. The fraction of sp³-hybridized carbons (Fsp3) is 0.471. The van der Waals surface area contributed by atoms with Crippen LogP contribution >= 0.6 is 0 Å². The maximum Gasteiger partial charge on any atom is 0.0776 e. The van der Waals surface area contributed by atoms with E-state index in [2.05, 4.69) is 116 Å². The first-order valence-electron chi connectivity index (χ1n) is 15.1. The molecule has 0 aliphatic carbocycles. The van der Waals surface area contributed by atoms with E-state index >= 15 is 0 Å². The van der Waals surface area contributed by atoms with Crippen LogP contribution in [0.5, 0.6) is 0 Å². The molecule has 0 aromatic heterocycles. The molecule has 0 bridgehead atoms. The fourth-order valence-electron chi connectivity index (χ4n) is 6.44. The minimum absolute atomic E-state index is 0.663.